The van der Waals surface area contributed by atoms with Gasteiger partial charge in [0.05, 0.1) is 11.3 Å². The van der Waals surface area contributed by atoms with Crippen molar-refractivity contribution in [2.24, 2.45) is 0 Å². The summed E-state index contributed by atoms with van der Waals surface area (Å²) in [6.45, 7) is -0.575. The van der Waals surface area contributed by atoms with E-state index in [0.29, 0.717) is 5.69 Å². The molecule has 0 bridgehead atoms. The van der Waals surface area contributed by atoms with Crippen LogP contribution in [-0.2, 0) is 24.3 Å². The summed E-state index contributed by atoms with van der Waals surface area (Å²) in [5.41, 5.74) is 0.625. The van der Waals surface area contributed by atoms with Crippen molar-refractivity contribution in [1.82, 2.24) is 4.72 Å². The summed E-state index contributed by atoms with van der Waals surface area (Å²) >= 11 is 0. The van der Waals surface area contributed by atoms with Crippen LogP contribution in [0.1, 0.15) is 6.42 Å². The second kappa shape index (κ2) is 9.31. The maximum absolute atomic E-state index is 12.1. The van der Waals surface area contributed by atoms with Gasteiger partial charge in [-0.1, -0.05) is 54.6 Å². The molecule has 0 atom stereocenters. The van der Waals surface area contributed by atoms with E-state index in [4.69, 9.17) is 4.74 Å². The highest BCUT2D eigenvalue weighted by atomic mass is 32.2. The number of carbonyl (C=O) groups is 2. The van der Waals surface area contributed by atoms with Gasteiger partial charge in [0, 0.05) is 17.6 Å². The molecule has 0 aromatic heterocycles. The molecule has 0 heterocycles. The van der Waals surface area contributed by atoms with Crippen LogP contribution in [0.2, 0.25) is 0 Å². The lowest BCUT2D eigenvalue weighted by Crippen LogP contribution is -2.27. The number of sulfonamides is 1. The van der Waals surface area contributed by atoms with E-state index in [2.05, 4.69) is 10.0 Å². The summed E-state index contributed by atoms with van der Waals surface area (Å²) in [6, 6.07) is 20.9. The van der Waals surface area contributed by atoms with E-state index < -0.39 is 28.5 Å². The first-order valence-electron chi connectivity index (χ1n) is 8.94. The molecule has 0 aliphatic heterocycles. The molecule has 0 spiro atoms. The van der Waals surface area contributed by atoms with Gasteiger partial charge in [0.25, 0.3) is 5.91 Å². The zero-order valence-electron chi connectivity index (χ0n) is 15.5. The van der Waals surface area contributed by atoms with Gasteiger partial charge in [0.1, 0.15) is 0 Å². The number of hydrogen-bond acceptors (Lipinski definition) is 5. The predicted molar refractivity (Wildman–Crippen MR) is 110 cm³/mol. The first-order chi connectivity index (χ1) is 14.0. The standard InChI is InChI=1S/C21H20N2O5S/c24-20(23-19-12-6-8-16-7-4-5-11-18(16)19)15-28-21(25)13-14-22-29(26,27)17-9-2-1-3-10-17/h1-12,22H,13-15H2,(H,23,24). The second-order valence-electron chi connectivity index (χ2n) is 6.20. The van der Waals surface area contributed by atoms with Crippen LogP contribution >= 0.6 is 0 Å². The highest BCUT2D eigenvalue weighted by molar-refractivity contribution is 7.89. The Labute approximate surface area is 168 Å². The lowest BCUT2D eigenvalue weighted by Gasteiger charge is -2.10. The molecule has 2 N–H and O–H groups in total. The van der Waals surface area contributed by atoms with E-state index in [1.807, 2.05) is 36.4 Å². The fourth-order valence-corrected chi connectivity index (χ4v) is 3.76. The Kier molecular flexibility index (Phi) is 6.58. The van der Waals surface area contributed by atoms with Crippen LogP contribution in [0.4, 0.5) is 5.69 Å². The number of anilines is 1. The van der Waals surface area contributed by atoms with Crippen LogP contribution in [0.5, 0.6) is 0 Å². The van der Waals surface area contributed by atoms with Crippen molar-refractivity contribution in [2.45, 2.75) is 11.3 Å². The van der Waals surface area contributed by atoms with Crippen LogP contribution < -0.4 is 10.0 Å². The average molecular weight is 412 g/mol. The Morgan fingerprint density at radius 1 is 0.862 bits per heavy atom. The number of benzene rings is 3. The van der Waals surface area contributed by atoms with Crippen molar-refractivity contribution in [2.75, 3.05) is 18.5 Å². The lowest BCUT2D eigenvalue weighted by atomic mass is 10.1. The van der Waals surface area contributed by atoms with Gasteiger partial charge in [-0.25, -0.2) is 13.1 Å². The molecule has 0 saturated carbocycles. The minimum absolute atomic E-state index is 0.114. The van der Waals surface area contributed by atoms with Crippen molar-refractivity contribution >= 4 is 38.4 Å². The van der Waals surface area contributed by atoms with E-state index >= 15 is 0 Å². The van der Waals surface area contributed by atoms with Crippen LogP contribution in [0, 0.1) is 0 Å². The van der Waals surface area contributed by atoms with E-state index in [1.165, 1.54) is 12.1 Å². The molecule has 150 valence electrons. The van der Waals surface area contributed by atoms with Crippen molar-refractivity contribution in [1.29, 1.82) is 0 Å². The molecule has 0 unspecified atom stereocenters. The Morgan fingerprint density at radius 2 is 1.55 bits per heavy atom. The molecule has 3 aromatic rings. The molecule has 0 fully saturated rings. The van der Waals surface area contributed by atoms with Crippen LogP contribution in [-0.4, -0.2) is 33.4 Å². The third-order valence-corrected chi connectivity index (χ3v) is 5.58. The minimum Gasteiger partial charge on any atom is -0.456 e. The summed E-state index contributed by atoms with van der Waals surface area (Å²) in [5.74, 6) is -1.14. The van der Waals surface area contributed by atoms with E-state index in [0.717, 1.165) is 10.8 Å². The van der Waals surface area contributed by atoms with Crippen molar-refractivity contribution < 1.29 is 22.7 Å². The second-order valence-corrected chi connectivity index (χ2v) is 7.96. The van der Waals surface area contributed by atoms with Gasteiger partial charge >= 0.3 is 5.97 Å². The number of esters is 1. The molecule has 0 saturated heterocycles. The van der Waals surface area contributed by atoms with E-state index in [-0.39, 0.29) is 17.9 Å². The van der Waals surface area contributed by atoms with Crippen LogP contribution in [0.3, 0.4) is 0 Å². The number of nitrogens with one attached hydrogen (secondary N) is 2. The van der Waals surface area contributed by atoms with E-state index in [9.17, 15) is 18.0 Å². The topological polar surface area (TPSA) is 102 Å². The Bertz CT molecular complexity index is 1110. The third-order valence-electron chi connectivity index (χ3n) is 4.10. The first-order valence-corrected chi connectivity index (χ1v) is 10.4. The molecule has 29 heavy (non-hydrogen) atoms. The summed E-state index contributed by atoms with van der Waals surface area (Å²) in [5, 5.41) is 4.57. The Morgan fingerprint density at radius 3 is 2.34 bits per heavy atom. The number of fused-ring (bicyclic) bond motifs is 1. The highest BCUT2D eigenvalue weighted by Crippen LogP contribution is 2.22. The molecule has 3 aromatic carbocycles. The molecule has 1 amide bonds. The van der Waals surface area contributed by atoms with Gasteiger partial charge in [0.15, 0.2) is 6.61 Å². The highest BCUT2D eigenvalue weighted by Gasteiger charge is 2.14. The van der Waals surface area contributed by atoms with Crippen LogP contribution in [0.25, 0.3) is 10.8 Å². The molecule has 0 aliphatic carbocycles. The smallest absolute Gasteiger partial charge is 0.307 e. The normalized spacial score (nSPS) is 11.2. The Hall–Kier alpha value is -3.23. The molecule has 0 aliphatic rings. The summed E-state index contributed by atoms with van der Waals surface area (Å²) in [6.07, 6.45) is -0.187. The maximum atomic E-state index is 12.1. The van der Waals surface area contributed by atoms with Crippen molar-refractivity contribution in [3.8, 4) is 0 Å². The van der Waals surface area contributed by atoms with Gasteiger partial charge in [-0.15, -0.1) is 0 Å². The molecular weight excluding hydrogens is 392 g/mol. The van der Waals surface area contributed by atoms with Gasteiger partial charge in [0.2, 0.25) is 10.0 Å². The Balaban J connectivity index is 1.45. The number of rotatable bonds is 8. The minimum atomic E-state index is -3.69. The quantitative estimate of drug-likeness (QED) is 0.554. The lowest BCUT2D eigenvalue weighted by molar-refractivity contribution is -0.147. The maximum Gasteiger partial charge on any atom is 0.307 e. The van der Waals surface area contributed by atoms with E-state index in [1.54, 1.807) is 24.3 Å². The van der Waals surface area contributed by atoms with Crippen molar-refractivity contribution in [3.63, 3.8) is 0 Å². The molecule has 8 heteroatoms. The summed E-state index contributed by atoms with van der Waals surface area (Å²) in [7, 11) is -3.69. The fourth-order valence-electron chi connectivity index (χ4n) is 2.71. The summed E-state index contributed by atoms with van der Waals surface area (Å²) < 4.78 is 31.4. The largest absolute Gasteiger partial charge is 0.456 e. The predicted octanol–water partition coefficient (Wildman–Crippen LogP) is 2.69. The number of carbonyl (C=O) groups excluding carboxylic acids is 2. The zero-order chi connectivity index (χ0) is 20.7. The molecule has 0 radical (unpaired) electrons. The SMILES string of the molecule is O=C(COC(=O)CCNS(=O)(=O)c1ccccc1)Nc1cccc2ccccc12. The van der Waals surface area contributed by atoms with Gasteiger partial charge in [-0.3, -0.25) is 9.59 Å². The van der Waals surface area contributed by atoms with Gasteiger partial charge in [-0.2, -0.15) is 0 Å². The molecule has 3 rings (SSSR count). The average Bonchev–Trinajstić information content (AvgIpc) is 2.73. The zero-order valence-corrected chi connectivity index (χ0v) is 16.3. The first kappa shape index (κ1) is 20.5. The number of ether oxygens (including phenoxy) is 1. The number of hydrogen-bond donors (Lipinski definition) is 2. The van der Waals surface area contributed by atoms with Gasteiger partial charge < -0.3 is 10.1 Å². The third kappa shape index (κ3) is 5.63. The van der Waals surface area contributed by atoms with Crippen molar-refractivity contribution in [3.05, 3.63) is 72.8 Å². The molecule has 7 nitrogen and oxygen atoms in total. The monoisotopic (exact) mass is 412 g/mol. The molecular formula is C21H20N2O5S. The summed E-state index contributed by atoms with van der Waals surface area (Å²) in [4.78, 5) is 24.0. The van der Waals surface area contributed by atoms with Gasteiger partial charge in [-0.05, 0) is 23.6 Å². The fraction of sp³-hybridized carbons (Fsp3) is 0.143. The van der Waals surface area contributed by atoms with Crippen LogP contribution in [0.15, 0.2) is 77.7 Å². The number of amides is 1.